The summed E-state index contributed by atoms with van der Waals surface area (Å²) in [4.78, 5) is 13.4. The molecule has 22 heavy (non-hydrogen) atoms. The Labute approximate surface area is 132 Å². The molecule has 3 nitrogen and oxygen atoms in total. The van der Waals surface area contributed by atoms with Crippen LogP contribution in [0.2, 0.25) is 0 Å². The Morgan fingerprint density at radius 1 is 1.50 bits per heavy atom. The molecule has 0 saturated carbocycles. The van der Waals surface area contributed by atoms with Gasteiger partial charge in [-0.1, -0.05) is 13.0 Å². The third-order valence-electron chi connectivity index (χ3n) is 3.94. The highest BCUT2D eigenvalue weighted by molar-refractivity contribution is 7.16. The van der Waals surface area contributed by atoms with Gasteiger partial charge >= 0.3 is 0 Å². The zero-order valence-corrected chi connectivity index (χ0v) is 13.0. The number of halogens is 1. The average Bonchev–Trinajstić information content (AvgIpc) is 2.83. The van der Waals surface area contributed by atoms with E-state index in [4.69, 9.17) is 0 Å². The average molecular weight is 314 g/mol. The van der Waals surface area contributed by atoms with Crippen molar-refractivity contribution in [2.75, 3.05) is 5.32 Å². The van der Waals surface area contributed by atoms with E-state index in [2.05, 4.69) is 18.3 Å². The predicted molar refractivity (Wildman–Crippen MR) is 84.6 cm³/mol. The SMILES string of the molecule is C[C@H]1CCc2c(sc(NC(=O)c3cccc(F)c3)c2C#N)C1. The summed E-state index contributed by atoms with van der Waals surface area (Å²) < 4.78 is 13.2. The van der Waals surface area contributed by atoms with Crippen molar-refractivity contribution in [1.82, 2.24) is 0 Å². The zero-order chi connectivity index (χ0) is 15.7. The first-order chi connectivity index (χ1) is 10.6. The summed E-state index contributed by atoms with van der Waals surface area (Å²) in [5, 5.41) is 12.7. The fourth-order valence-electron chi connectivity index (χ4n) is 2.76. The molecule has 112 valence electrons. The van der Waals surface area contributed by atoms with Crippen LogP contribution in [-0.4, -0.2) is 5.91 Å². The summed E-state index contributed by atoms with van der Waals surface area (Å²) in [6.07, 6.45) is 2.89. The number of carbonyl (C=O) groups is 1. The van der Waals surface area contributed by atoms with E-state index in [1.165, 1.54) is 34.4 Å². The zero-order valence-electron chi connectivity index (χ0n) is 12.1. The summed E-state index contributed by atoms with van der Waals surface area (Å²) in [6, 6.07) is 7.75. The van der Waals surface area contributed by atoms with Gasteiger partial charge < -0.3 is 5.32 Å². The Morgan fingerprint density at radius 2 is 2.32 bits per heavy atom. The van der Waals surface area contributed by atoms with E-state index in [0.29, 0.717) is 16.5 Å². The third-order valence-corrected chi connectivity index (χ3v) is 5.11. The molecule has 0 unspecified atom stereocenters. The van der Waals surface area contributed by atoms with Gasteiger partial charge in [-0.25, -0.2) is 4.39 Å². The Bertz CT molecular complexity index is 775. The van der Waals surface area contributed by atoms with E-state index in [9.17, 15) is 14.4 Å². The maximum atomic E-state index is 13.2. The number of thiophene rings is 1. The molecule has 0 radical (unpaired) electrons. The van der Waals surface area contributed by atoms with E-state index in [-0.39, 0.29) is 11.5 Å². The van der Waals surface area contributed by atoms with E-state index in [0.717, 1.165) is 24.8 Å². The van der Waals surface area contributed by atoms with Crippen molar-refractivity contribution in [3.05, 3.63) is 51.7 Å². The monoisotopic (exact) mass is 314 g/mol. The van der Waals surface area contributed by atoms with Gasteiger partial charge in [-0.15, -0.1) is 11.3 Å². The van der Waals surface area contributed by atoms with E-state index < -0.39 is 5.82 Å². The third kappa shape index (κ3) is 2.75. The highest BCUT2D eigenvalue weighted by atomic mass is 32.1. The molecule has 1 aliphatic carbocycles. The second-order valence-corrected chi connectivity index (χ2v) is 6.74. The molecule has 0 spiro atoms. The van der Waals surface area contributed by atoms with Gasteiger partial charge in [0.25, 0.3) is 5.91 Å². The minimum absolute atomic E-state index is 0.253. The quantitative estimate of drug-likeness (QED) is 0.906. The molecule has 3 rings (SSSR count). The molecule has 1 aliphatic rings. The van der Waals surface area contributed by atoms with Crippen molar-refractivity contribution in [3.8, 4) is 6.07 Å². The maximum Gasteiger partial charge on any atom is 0.256 e. The van der Waals surface area contributed by atoms with Crippen LogP contribution >= 0.6 is 11.3 Å². The van der Waals surface area contributed by atoms with E-state index in [1.54, 1.807) is 6.07 Å². The fourth-order valence-corrected chi connectivity index (χ4v) is 4.12. The number of amides is 1. The first kappa shape index (κ1) is 14.7. The van der Waals surface area contributed by atoms with Crippen molar-refractivity contribution in [1.29, 1.82) is 5.26 Å². The first-order valence-electron chi connectivity index (χ1n) is 7.20. The van der Waals surface area contributed by atoms with Gasteiger partial charge in [0.05, 0.1) is 5.56 Å². The normalized spacial score (nSPS) is 16.7. The number of nitrogens with zero attached hydrogens (tertiary/aromatic N) is 1. The largest absolute Gasteiger partial charge is 0.312 e. The summed E-state index contributed by atoms with van der Waals surface area (Å²) in [5.74, 6) is -0.237. The van der Waals surface area contributed by atoms with Gasteiger partial charge in [0.2, 0.25) is 0 Å². The summed E-state index contributed by atoms with van der Waals surface area (Å²) in [6.45, 7) is 2.19. The maximum absolute atomic E-state index is 13.2. The van der Waals surface area contributed by atoms with Crippen LogP contribution in [0.5, 0.6) is 0 Å². The van der Waals surface area contributed by atoms with E-state index in [1.807, 2.05) is 0 Å². The predicted octanol–water partition coefficient (Wildman–Crippen LogP) is 4.14. The molecule has 1 amide bonds. The van der Waals surface area contributed by atoms with Crippen LogP contribution in [0.4, 0.5) is 9.39 Å². The molecular weight excluding hydrogens is 299 g/mol. The molecule has 0 saturated heterocycles. The second-order valence-electron chi connectivity index (χ2n) is 5.63. The number of anilines is 1. The highest BCUT2D eigenvalue weighted by Crippen LogP contribution is 2.39. The van der Waals surface area contributed by atoms with Crippen molar-refractivity contribution in [2.45, 2.75) is 26.2 Å². The van der Waals surface area contributed by atoms with Gasteiger partial charge in [0, 0.05) is 10.4 Å². The smallest absolute Gasteiger partial charge is 0.256 e. The van der Waals surface area contributed by atoms with Crippen LogP contribution in [0.15, 0.2) is 24.3 Å². The van der Waals surface area contributed by atoms with Crippen LogP contribution in [0, 0.1) is 23.1 Å². The molecule has 0 aliphatic heterocycles. The number of carbonyl (C=O) groups excluding carboxylic acids is 1. The second kappa shape index (κ2) is 5.90. The van der Waals surface area contributed by atoms with E-state index >= 15 is 0 Å². The molecule has 5 heteroatoms. The molecule has 1 heterocycles. The van der Waals surface area contributed by atoms with Gasteiger partial charge in [-0.3, -0.25) is 4.79 Å². The Kier molecular flexibility index (Phi) is 3.95. The number of fused-ring (bicyclic) bond motifs is 1. The van der Waals surface area contributed by atoms with Crippen molar-refractivity contribution in [3.63, 3.8) is 0 Å². The highest BCUT2D eigenvalue weighted by Gasteiger charge is 2.24. The topological polar surface area (TPSA) is 52.9 Å². The van der Waals surface area contributed by atoms with Crippen molar-refractivity contribution < 1.29 is 9.18 Å². The van der Waals surface area contributed by atoms with Crippen LogP contribution < -0.4 is 5.32 Å². The summed E-state index contributed by atoms with van der Waals surface area (Å²) in [7, 11) is 0. The van der Waals surface area contributed by atoms with Gasteiger partial charge in [-0.2, -0.15) is 5.26 Å². The number of benzene rings is 1. The van der Waals surface area contributed by atoms with Gasteiger partial charge in [-0.05, 0) is 48.9 Å². The number of nitrogens with one attached hydrogen (secondary N) is 1. The minimum atomic E-state index is -0.451. The Balaban J connectivity index is 1.90. The fraction of sp³-hybridized carbons (Fsp3) is 0.294. The molecule has 0 fully saturated rings. The Hall–Kier alpha value is -2.19. The van der Waals surface area contributed by atoms with Crippen LogP contribution in [-0.2, 0) is 12.8 Å². The molecule has 0 bridgehead atoms. The number of hydrogen-bond acceptors (Lipinski definition) is 3. The van der Waals surface area contributed by atoms with Crippen molar-refractivity contribution in [2.24, 2.45) is 5.92 Å². The van der Waals surface area contributed by atoms with Crippen LogP contribution in [0.25, 0.3) is 0 Å². The summed E-state index contributed by atoms with van der Waals surface area (Å²) >= 11 is 1.47. The Morgan fingerprint density at radius 3 is 3.05 bits per heavy atom. The van der Waals surface area contributed by atoms with Gasteiger partial charge in [0.1, 0.15) is 16.9 Å². The molecule has 1 aromatic carbocycles. The minimum Gasteiger partial charge on any atom is -0.312 e. The molecule has 1 atom stereocenters. The van der Waals surface area contributed by atoms with Crippen molar-refractivity contribution >= 4 is 22.2 Å². The summed E-state index contributed by atoms with van der Waals surface area (Å²) in [5.41, 5.74) is 1.89. The molecule has 1 N–H and O–H groups in total. The lowest BCUT2D eigenvalue weighted by atomic mass is 9.88. The van der Waals surface area contributed by atoms with Crippen LogP contribution in [0.3, 0.4) is 0 Å². The lowest BCUT2D eigenvalue weighted by molar-refractivity contribution is 0.102. The number of hydrogen-bond donors (Lipinski definition) is 1. The van der Waals surface area contributed by atoms with Crippen LogP contribution in [0.1, 0.15) is 39.7 Å². The lowest BCUT2D eigenvalue weighted by Crippen LogP contribution is -2.12. The number of nitriles is 1. The molecular formula is C17H15FN2OS. The standard InChI is InChI=1S/C17H15FN2OS/c1-10-5-6-13-14(9-19)17(22-15(13)7-10)20-16(21)11-3-2-4-12(18)8-11/h2-4,8,10H,5-7H2,1H3,(H,20,21)/t10-/m0/s1. The molecule has 2 aromatic rings. The number of rotatable bonds is 2. The first-order valence-corrected chi connectivity index (χ1v) is 8.01. The van der Waals surface area contributed by atoms with Gasteiger partial charge in [0.15, 0.2) is 0 Å². The molecule has 1 aromatic heterocycles. The lowest BCUT2D eigenvalue weighted by Gasteiger charge is -2.17.